The lowest BCUT2D eigenvalue weighted by molar-refractivity contribution is -0.152. The van der Waals surface area contributed by atoms with Crippen LogP contribution in [-0.2, 0) is 27.4 Å². The number of ether oxygens (including phenoxy) is 1. The van der Waals surface area contributed by atoms with Crippen molar-refractivity contribution in [3.63, 3.8) is 0 Å². The molecule has 41 heavy (non-hydrogen) atoms. The Morgan fingerprint density at radius 2 is 1.95 bits per heavy atom. The molecule has 1 heterocycles. The molecule has 3 fully saturated rings. The number of amides is 1. The highest BCUT2D eigenvalue weighted by Crippen LogP contribution is 2.66. The summed E-state index contributed by atoms with van der Waals surface area (Å²) in [4.78, 5) is 24.3. The zero-order valence-electron chi connectivity index (χ0n) is 26.3. The number of hydrogen-bond acceptors (Lipinski definition) is 5. The molecule has 0 spiro atoms. The molecule has 0 radical (unpaired) electrons. The zero-order valence-corrected chi connectivity index (χ0v) is 26.3. The number of carbonyl (C=O) groups is 2. The molecule has 4 aliphatic rings. The van der Waals surface area contributed by atoms with Gasteiger partial charge in [0.15, 0.2) is 0 Å². The van der Waals surface area contributed by atoms with Crippen molar-refractivity contribution in [1.29, 1.82) is 0 Å². The standard InChI is InChI=1S/C34H54N4O3/c1-6-31(39)35-20-26-21-38(37-36-26)22-32(40)41-27-15-17-34(5)25(19-27)11-13-28-29-14-12-24(10-8-7-9-23(2)3)33(29,4)18-16-30(28)34/h11,21,23-24,27-30H,6-10,12-20,22H2,1-5H3,(H,35,39)/t24-,27?,28?,29?,30?,33+,34?/m0/s1. The molecule has 7 atom stereocenters. The SMILES string of the molecule is CCC(=O)NCc1cn(CC(=O)OC2CCC3(C)C(=CCC4C3CC[C@@]3(C)C4CC[C@@H]3CCCCC(C)C)C2)nn1. The van der Waals surface area contributed by atoms with Crippen molar-refractivity contribution in [2.24, 2.45) is 40.4 Å². The van der Waals surface area contributed by atoms with Crippen LogP contribution in [0.25, 0.3) is 0 Å². The van der Waals surface area contributed by atoms with Gasteiger partial charge in [0.05, 0.1) is 12.7 Å². The van der Waals surface area contributed by atoms with Crippen LogP contribution in [-0.4, -0.2) is 33.0 Å². The quantitative estimate of drug-likeness (QED) is 0.177. The Labute approximate surface area is 247 Å². The summed E-state index contributed by atoms with van der Waals surface area (Å²) in [6.45, 7) is 12.1. The van der Waals surface area contributed by atoms with E-state index in [-0.39, 0.29) is 29.9 Å². The van der Waals surface area contributed by atoms with E-state index in [9.17, 15) is 9.59 Å². The smallest absolute Gasteiger partial charge is 0.328 e. The predicted octanol–water partition coefficient (Wildman–Crippen LogP) is 7.01. The van der Waals surface area contributed by atoms with Crippen LogP contribution in [0.15, 0.2) is 17.8 Å². The number of esters is 1. The average Bonchev–Trinajstić information content (AvgIpc) is 3.53. The normalized spacial score (nSPS) is 34.4. The summed E-state index contributed by atoms with van der Waals surface area (Å²) >= 11 is 0. The number of rotatable bonds is 11. The van der Waals surface area contributed by atoms with Gasteiger partial charge in [0, 0.05) is 12.8 Å². The fraction of sp³-hybridized carbons (Fsp3) is 0.824. The number of unbranched alkanes of at least 4 members (excludes halogenated alkanes) is 1. The Balaban J connectivity index is 1.15. The summed E-state index contributed by atoms with van der Waals surface area (Å²) in [5.74, 6) is 3.93. The van der Waals surface area contributed by atoms with E-state index in [2.05, 4.69) is 49.4 Å². The average molecular weight is 567 g/mol. The molecule has 1 aromatic rings. The highest BCUT2D eigenvalue weighted by atomic mass is 16.5. The highest BCUT2D eigenvalue weighted by molar-refractivity contribution is 5.75. The summed E-state index contributed by atoms with van der Waals surface area (Å²) in [6, 6.07) is 0. The van der Waals surface area contributed by atoms with E-state index in [0.29, 0.717) is 24.1 Å². The summed E-state index contributed by atoms with van der Waals surface area (Å²) in [5, 5.41) is 10.9. The van der Waals surface area contributed by atoms with Crippen LogP contribution in [0.5, 0.6) is 0 Å². The van der Waals surface area contributed by atoms with Crippen molar-refractivity contribution in [2.75, 3.05) is 0 Å². The van der Waals surface area contributed by atoms with Crippen LogP contribution in [0.1, 0.15) is 124 Å². The van der Waals surface area contributed by atoms with Crippen LogP contribution in [0.4, 0.5) is 0 Å². The first kappa shape index (κ1) is 30.3. The van der Waals surface area contributed by atoms with Gasteiger partial charge in [-0.3, -0.25) is 9.59 Å². The van der Waals surface area contributed by atoms with E-state index in [4.69, 9.17) is 4.74 Å². The molecular formula is C34H54N4O3. The van der Waals surface area contributed by atoms with Crippen molar-refractivity contribution in [1.82, 2.24) is 20.3 Å². The van der Waals surface area contributed by atoms with E-state index in [1.807, 2.05) is 6.92 Å². The molecule has 0 aromatic carbocycles. The van der Waals surface area contributed by atoms with Crippen LogP contribution < -0.4 is 5.32 Å². The molecule has 1 amide bonds. The van der Waals surface area contributed by atoms with Gasteiger partial charge < -0.3 is 10.1 Å². The minimum absolute atomic E-state index is 0.0335. The maximum absolute atomic E-state index is 12.8. The van der Waals surface area contributed by atoms with Crippen molar-refractivity contribution < 1.29 is 14.3 Å². The summed E-state index contributed by atoms with van der Waals surface area (Å²) < 4.78 is 7.48. The predicted molar refractivity (Wildman–Crippen MR) is 161 cm³/mol. The van der Waals surface area contributed by atoms with Gasteiger partial charge in [0.25, 0.3) is 0 Å². The fourth-order valence-corrected chi connectivity index (χ4v) is 9.42. The second kappa shape index (κ2) is 12.6. The number of carbonyl (C=O) groups excluding carboxylic acids is 2. The molecule has 1 aromatic heterocycles. The first-order valence-electron chi connectivity index (χ1n) is 16.7. The van der Waals surface area contributed by atoms with Gasteiger partial charge in [-0.2, -0.15) is 0 Å². The lowest BCUT2D eigenvalue weighted by Gasteiger charge is -2.58. The largest absolute Gasteiger partial charge is 0.461 e. The van der Waals surface area contributed by atoms with Crippen LogP contribution in [0, 0.1) is 40.4 Å². The maximum atomic E-state index is 12.8. The minimum atomic E-state index is -0.263. The molecule has 0 aliphatic heterocycles. The van der Waals surface area contributed by atoms with Gasteiger partial charge in [-0.15, -0.1) is 5.10 Å². The number of nitrogens with one attached hydrogen (secondary N) is 1. The number of hydrogen-bond donors (Lipinski definition) is 1. The third-order valence-corrected chi connectivity index (χ3v) is 11.8. The van der Waals surface area contributed by atoms with Crippen LogP contribution in [0.2, 0.25) is 0 Å². The monoisotopic (exact) mass is 566 g/mol. The molecule has 4 aliphatic carbocycles. The summed E-state index contributed by atoms with van der Waals surface area (Å²) in [5.41, 5.74) is 2.98. The van der Waals surface area contributed by atoms with Crippen molar-refractivity contribution in [3.05, 3.63) is 23.5 Å². The Morgan fingerprint density at radius 3 is 2.73 bits per heavy atom. The Morgan fingerprint density at radius 1 is 1.12 bits per heavy atom. The molecule has 3 saturated carbocycles. The first-order chi connectivity index (χ1) is 19.6. The molecule has 1 N–H and O–H groups in total. The zero-order chi connectivity index (χ0) is 29.2. The number of nitrogens with zero attached hydrogens (tertiary/aromatic N) is 3. The molecule has 0 saturated heterocycles. The second-order valence-corrected chi connectivity index (χ2v) is 14.6. The summed E-state index contributed by atoms with van der Waals surface area (Å²) in [7, 11) is 0. The minimum Gasteiger partial charge on any atom is -0.461 e. The molecule has 5 rings (SSSR count). The maximum Gasteiger partial charge on any atom is 0.328 e. The second-order valence-electron chi connectivity index (χ2n) is 14.6. The van der Waals surface area contributed by atoms with E-state index in [1.54, 1.807) is 11.8 Å². The first-order valence-corrected chi connectivity index (χ1v) is 16.7. The molecule has 5 unspecified atom stereocenters. The van der Waals surface area contributed by atoms with Gasteiger partial charge in [-0.05, 0) is 91.8 Å². The lowest BCUT2D eigenvalue weighted by atomic mass is 9.47. The number of allylic oxidation sites excluding steroid dienone is 1. The molecule has 7 nitrogen and oxygen atoms in total. The van der Waals surface area contributed by atoms with Crippen molar-refractivity contribution >= 4 is 11.9 Å². The van der Waals surface area contributed by atoms with E-state index >= 15 is 0 Å². The Hall–Kier alpha value is -2.18. The molecule has 7 heteroatoms. The van der Waals surface area contributed by atoms with E-state index < -0.39 is 0 Å². The number of aromatic nitrogens is 3. The highest BCUT2D eigenvalue weighted by Gasteiger charge is 2.58. The van der Waals surface area contributed by atoms with E-state index in [1.165, 1.54) is 62.5 Å². The van der Waals surface area contributed by atoms with Crippen molar-refractivity contribution in [3.8, 4) is 0 Å². The van der Waals surface area contributed by atoms with Gasteiger partial charge >= 0.3 is 5.97 Å². The van der Waals surface area contributed by atoms with Crippen molar-refractivity contribution in [2.45, 2.75) is 137 Å². The van der Waals surface area contributed by atoms with Crippen LogP contribution >= 0.6 is 0 Å². The lowest BCUT2D eigenvalue weighted by Crippen LogP contribution is -2.50. The third-order valence-electron chi connectivity index (χ3n) is 11.8. The Bertz CT molecular complexity index is 1110. The van der Waals surface area contributed by atoms with Gasteiger partial charge in [0.2, 0.25) is 5.91 Å². The third kappa shape index (κ3) is 6.44. The van der Waals surface area contributed by atoms with E-state index in [0.717, 1.165) is 48.9 Å². The van der Waals surface area contributed by atoms with Gasteiger partial charge in [-0.1, -0.05) is 70.7 Å². The fourth-order valence-electron chi connectivity index (χ4n) is 9.42. The van der Waals surface area contributed by atoms with Crippen LogP contribution in [0.3, 0.4) is 0 Å². The topological polar surface area (TPSA) is 86.1 Å². The number of fused-ring (bicyclic) bond motifs is 5. The van der Waals surface area contributed by atoms with Gasteiger partial charge in [0.1, 0.15) is 18.3 Å². The molecular weight excluding hydrogens is 512 g/mol. The Kier molecular flexibility index (Phi) is 9.30. The molecule has 228 valence electrons. The summed E-state index contributed by atoms with van der Waals surface area (Å²) in [6.07, 6.45) is 20.1. The van der Waals surface area contributed by atoms with Gasteiger partial charge in [-0.25, -0.2) is 4.68 Å². The molecule has 0 bridgehead atoms.